The third kappa shape index (κ3) is 3.71. The van der Waals surface area contributed by atoms with Gasteiger partial charge in [0.1, 0.15) is 5.75 Å². The predicted octanol–water partition coefficient (Wildman–Crippen LogP) is 2.87. The Balaban J connectivity index is 3.29. The Labute approximate surface area is 117 Å². The van der Waals surface area contributed by atoms with Gasteiger partial charge in [0.25, 0.3) is 0 Å². The van der Waals surface area contributed by atoms with Gasteiger partial charge in [-0.1, -0.05) is 31.5 Å². The van der Waals surface area contributed by atoms with Crippen molar-refractivity contribution in [1.82, 2.24) is 4.90 Å². The van der Waals surface area contributed by atoms with Gasteiger partial charge in [-0.25, -0.2) is 0 Å². The van der Waals surface area contributed by atoms with Crippen molar-refractivity contribution in [2.24, 2.45) is 11.8 Å². The van der Waals surface area contributed by atoms with Crippen LogP contribution < -0.4 is 4.74 Å². The standard InChI is InChI=1S/C16H27NO2/c1-11(2)14(10-18)16(17(4)5)13-9-12(3)7-8-15(13)19-6/h7-9,11,14,16,18H,10H2,1-6H3. The molecule has 108 valence electrons. The Hall–Kier alpha value is -1.06. The molecule has 0 spiro atoms. The lowest BCUT2D eigenvalue weighted by Gasteiger charge is -2.35. The fourth-order valence-electron chi connectivity index (χ4n) is 2.65. The molecule has 0 heterocycles. The fraction of sp³-hybridized carbons (Fsp3) is 0.625. The van der Waals surface area contributed by atoms with Crippen LogP contribution in [0.2, 0.25) is 0 Å². The Morgan fingerprint density at radius 1 is 1.26 bits per heavy atom. The van der Waals surface area contributed by atoms with E-state index in [4.69, 9.17) is 4.74 Å². The zero-order valence-corrected chi connectivity index (χ0v) is 13.0. The molecule has 0 saturated carbocycles. The van der Waals surface area contributed by atoms with Crippen molar-refractivity contribution >= 4 is 0 Å². The van der Waals surface area contributed by atoms with Crippen LogP contribution in [0.4, 0.5) is 0 Å². The maximum Gasteiger partial charge on any atom is 0.123 e. The number of hydrogen-bond acceptors (Lipinski definition) is 3. The van der Waals surface area contributed by atoms with E-state index in [2.05, 4.69) is 51.9 Å². The summed E-state index contributed by atoms with van der Waals surface area (Å²) in [5.41, 5.74) is 2.36. The second-order valence-electron chi connectivity index (χ2n) is 5.74. The molecule has 0 bridgehead atoms. The molecule has 0 saturated heterocycles. The highest BCUT2D eigenvalue weighted by Gasteiger charge is 2.29. The molecule has 0 aliphatic rings. The number of methoxy groups -OCH3 is 1. The average molecular weight is 265 g/mol. The fourth-order valence-corrected chi connectivity index (χ4v) is 2.65. The van der Waals surface area contributed by atoms with Crippen LogP contribution in [0, 0.1) is 18.8 Å². The van der Waals surface area contributed by atoms with Crippen molar-refractivity contribution in [3.8, 4) is 5.75 Å². The summed E-state index contributed by atoms with van der Waals surface area (Å²) in [6.07, 6.45) is 0. The highest BCUT2D eigenvalue weighted by atomic mass is 16.5. The van der Waals surface area contributed by atoms with Crippen LogP contribution in [0.15, 0.2) is 18.2 Å². The Kier molecular flexibility index (Phi) is 5.83. The monoisotopic (exact) mass is 265 g/mol. The maximum atomic E-state index is 9.74. The third-order valence-corrected chi connectivity index (χ3v) is 3.73. The summed E-state index contributed by atoms with van der Waals surface area (Å²) in [7, 11) is 5.80. The summed E-state index contributed by atoms with van der Waals surface area (Å²) in [6, 6.07) is 6.38. The minimum atomic E-state index is 0.153. The zero-order valence-electron chi connectivity index (χ0n) is 13.0. The number of aliphatic hydroxyl groups is 1. The third-order valence-electron chi connectivity index (χ3n) is 3.73. The molecule has 19 heavy (non-hydrogen) atoms. The molecular formula is C16H27NO2. The number of nitrogens with zero attached hydrogens (tertiary/aromatic N) is 1. The van der Waals surface area contributed by atoms with Crippen LogP contribution in [-0.4, -0.2) is 37.8 Å². The lowest BCUT2D eigenvalue weighted by atomic mass is 9.83. The van der Waals surface area contributed by atoms with Crippen molar-refractivity contribution in [1.29, 1.82) is 0 Å². The summed E-state index contributed by atoms with van der Waals surface area (Å²) in [5.74, 6) is 1.48. The summed E-state index contributed by atoms with van der Waals surface area (Å²) in [5, 5.41) is 9.74. The minimum absolute atomic E-state index is 0.153. The molecule has 2 unspecified atom stereocenters. The predicted molar refractivity (Wildman–Crippen MR) is 79.6 cm³/mol. The molecule has 1 aromatic rings. The van der Waals surface area contributed by atoms with Gasteiger partial charge < -0.3 is 14.7 Å². The van der Waals surface area contributed by atoms with E-state index < -0.39 is 0 Å². The lowest BCUT2D eigenvalue weighted by molar-refractivity contribution is 0.0985. The van der Waals surface area contributed by atoms with E-state index in [-0.39, 0.29) is 18.6 Å². The van der Waals surface area contributed by atoms with Crippen molar-refractivity contribution in [2.45, 2.75) is 26.8 Å². The Bertz CT molecular complexity index is 402. The molecule has 0 aliphatic carbocycles. The summed E-state index contributed by atoms with van der Waals surface area (Å²) < 4.78 is 5.50. The first-order chi connectivity index (χ1) is 8.92. The van der Waals surface area contributed by atoms with Gasteiger partial charge in [0.15, 0.2) is 0 Å². The van der Waals surface area contributed by atoms with Crippen LogP contribution in [0.1, 0.15) is 31.0 Å². The molecule has 1 rings (SSSR count). The number of benzene rings is 1. The van der Waals surface area contributed by atoms with E-state index in [0.29, 0.717) is 5.92 Å². The van der Waals surface area contributed by atoms with Crippen LogP contribution in [0.3, 0.4) is 0 Å². The SMILES string of the molecule is COc1ccc(C)cc1C(C(CO)C(C)C)N(C)C. The number of hydrogen-bond donors (Lipinski definition) is 1. The molecule has 2 atom stereocenters. The van der Waals surface area contributed by atoms with Crippen molar-refractivity contribution < 1.29 is 9.84 Å². The van der Waals surface area contributed by atoms with Gasteiger partial charge in [-0.05, 0) is 33.0 Å². The van der Waals surface area contributed by atoms with Crippen LogP contribution in [0.5, 0.6) is 5.75 Å². The molecular weight excluding hydrogens is 238 g/mol. The quantitative estimate of drug-likeness (QED) is 0.858. The highest BCUT2D eigenvalue weighted by molar-refractivity contribution is 5.39. The van der Waals surface area contributed by atoms with Gasteiger partial charge in [0.2, 0.25) is 0 Å². The summed E-state index contributed by atoms with van der Waals surface area (Å²) in [6.45, 7) is 6.57. The van der Waals surface area contributed by atoms with Crippen molar-refractivity contribution in [3.05, 3.63) is 29.3 Å². The Morgan fingerprint density at radius 2 is 1.89 bits per heavy atom. The van der Waals surface area contributed by atoms with Gasteiger partial charge in [-0.3, -0.25) is 0 Å². The molecule has 0 fully saturated rings. The Morgan fingerprint density at radius 3 is 2.32 bits per heavy atom. The zero-order chi connectivity index (χ0) is 14.6. The molecule has 0 aromatic heterocycles. The van der Waals surface area contributed by atoms with E-state index >= 15 is 0 Å². The molecule has 3 nitrogen and oxygen atoms in total. The van der Waals surface area contributed by atoms with Gasteiger partial charge in [-0.15, -0.1) is 0 Å². The second kappa shape index (κ2) is 6.92. The van der Waals surface area contributed by atoms with Gasteiger partial charge in [-0.2, -0.15) is 0 Å². The van der Waals surface area contributed by atoms with E-state index in [1.807, 2.05) is 6.07 Å². The molecule has 0 aliphatic heterocycles. The average Bonchev–Trinajstić information content (AvgIpc) is 2.34. The van der Waals surface area contributed by atoms with Crippen LogP contribution in [-0.2, 0) is 0 Å². The second-order valence-corrected chi connectivity index (χ2v) is 5.74. The minimum Gasteiger partial charge on any atom is -0.496 e. The number of ether oxygens (including phenoxy) is 1. The topological polar surface area (TPSA) is 32.7 Å². The van der Waals surface area contributed by atoms with Gasteiger partial charge >= 0.3 is 0 Å². The first-order valence-corrected chi connectivity index (χ1v) is 6.84. The number of aliphatic hydroxyl groups excluding tert-OH is 1. The molecule has 3 heteroatoms. The van der Waals surface area contributed by atoms with E-state index in [0.717, 1.165) is 11.3 Å². The maximum absolute atomic E-state index is 9.74. The first-order valence-electron chi connectivity index (χ1n) is 6.84. The molecule has 1 N–H and O–H groups in total. The summed E-state index contributed by atoms with van der Waals surface area (Å²) in [4.78, 5) is 2.16. The van der Waals surface area contributed by atoms with E-state index in [1.54, 1.807) is 7.11 Å². The van der Waals surface area contributed by atoms with Crippen LogP contribution >= 0.6 is 0 Å². The van der Waals surface area contributed by atoms with Gasteiger partial charge in [0.05, 0.1) is 7.11 Å². The number of rotatable bonds is 6. The highest BCUT2D eigenvalue weighted by Crippen LogP contribution is 2.37. The molecule has 0 radical (unpaired) electrons. The van der Waals surface area contributed by atoms with Crippen LogP contribution in [0.25, 0.3) is 0 Å². The summed E-state index contributed by atoms with van der Waals surface area (Å²) >= 11 is 0. The normalized spacial score (nSPS) is 14.8. The smallest absolute Gasteiger partial charge is 0.123 e. The van der Waals surface area contributed by atoms with Crippen molar-refractivity contribution in [3.63, 3.8) is 0 Å². The molecule has 1 aromatic carbocycles. The number of aryl methyl sites for hydroxylation is 1. The largest absolute Gasteiger partial charge is 0.496 e. The molecule has 0 amide bonds. The lowest BCUT2D eigenvalue weighted by Crippen LogP contribution is -2.33. The first kappa shape index (κ1) is 16.0. The van der Waals surface area contributed by atoms with E-state index in [9.17, 15) is 5.11 Å². The van der Waals surface area contributed by atoms with E-state index in [1.165, 1.54) is 5.56 Å². The van der Waals surface area contributed by atoms with Gasteiger partial charge in [0, 0.05) is 24.1 Å². The van der Waals surface area contributed by atoms with Crippen molar-refractivity contribution in [2.75, 3.05) is 27.8 Å².